The van der Waals surface area contributed by atoms with Crippen molar-refractivity contribution in [3.8, 4) is 0 Å². The molecule has 0 N–H and O–H groups in total. The predicted octanol–water partition coefficient (Wildman–Crippen LogP) is 8.58. The molecule has 6 aromatic carbocycles. The van der Waals surface area contributed by atoms with E-state index in [4.69, 9.17) is 5.32 Å². The molecule has 0 heterocycles. The summed E-state index contributed by atoms with van der Waals surface area (Å²) >= 11 is 0. The van der Waals surface area contributed by atoms with Crippen molar-refractivity contribution >= 4 is 53.8 Å². The van der Waals surface area contributed by atoms with Gasteiger partial charge in [0.15, 0.2) is 0 Å². The van der Waals surface area contributed by atoms with E-state index in [9.17, 15) is 0 Å². The second kappa shape index (κ2) is 13.4. The van der Waals surface area contributed by atoms with Crippen LogP contribution in [0, 0.1) is 0 Å². The summed E-state index contributed by atoms with van der Waals surface area (Å²) in [6, 6.07) is 62.5. The van der Waals surface area contributed by atoms with Gasteiger partial charge in [0.1, 0.15) is 0 Å². The van der Waals surface area contributed by atoms with Gasteiger partial charge in [-0.15, -0.1) is 11.4 Å². The van der Waals surface area contributed by atoms with Gasteiger partial charge in [-0.3, -0.25) is 0 Å². The van der Waals surface area contributed by atoms with Crippen molar-refractivity contribution in [1.82, 2.24) is 0 Å². The molecule has 3 heteroatoms. The van der Waals surface area contributed by atoms with Gasteiger partial charge in [-0.25, -0.2) is 0 Å². The highest BCUT2D eigenvalue weighted by Gasteiger charge is 2.17. The molecule has 198 valence electrons. The van der Waals surface area contributed by atoms with E-state index in [0.29, 0.717) is 0 Å². The Kier molecular flexibility index (Phi) is 8.79. The standard InChI is InChI=1S/C38H30NP2/c1-6-18-31(19-7-1)37(30-40(32-20-8-2-9-21-32)33-22-10-3-11-23-33)39-36-28-16-17-29-38(36)41(34-24-12-4-13-25-34)35-26-14-5-15-27-35/h1-30H/q-1/b37-30+. The molecule has 0 fully saturated rings. The van der Waals surface area contributed by atoms with Crippen molar-refractivity contribution in [2.24, 2.45) is 0 Å². The molecule has 0 aliphatic carbocycles. The number of hydrogen-bond donors (Lipinski definition) is 0. The van der Waals surface area contributed by atoms with E-state index in [1.165, 1.54) is 26.5 Å². The lowest BCUT2D eigenvalue weighted by molar-refractivity contribution is 1.60. The Labute approximate surface area is 245 Å². The summed E-state index contributed by atoms with van der Waals surface area (Å²) < 4.78 is 0. The quantitative estimate of drug-likeness (QED) is 0.157. The van der Waals surface area contributed by atoms with Crippen LogP contribution in [0.4, 0.5) is 5.69 Å². The van der Waals surface area contributed by atoms with Crippen molar-refractivity contribution in [2.45, 2.75) is 0 Å². The third-order valence-corrected chi connectivity index (χ3v) is 11.5. The number of benzene rings is 6. The van der Waals surface area contributed by atoms with Gasteiger partial charge in [0.2, 0.25) is 0 Å². The van der Waals surface area contributed by atoms with Crippen LogP contribution in [-0.4, -0.2) is 0 Å². The zero-order chi connectivity index (χ0) is 27.7. The van der Waals surface area contributed by atoms with E-state index in [0.717, 1.165) is 16.9 Å². The summed E-state index contributed by atoms with van der Waals surface area (Å²) in [7, 11) is -1.56. The summed E-state index contributed by atoms with van der Waals surface area (Å²) in [5.74, 6) is 2.39. The second-order valence-corrected chi connectivity index (χ2v) is 13.7. The Morgan fingerprint density at radius 1 is 0.415 bits per heavy atom. The average molecular weight is 563 g/mol. The zero-order valence-corrected chi connectivity index (χ0v) is 24.5. The van der Waals surface area contributed by atoms with Gasteiger partial charge < -0.3 is 5.32 Å². The van der Waals surface area contributed by atoms with Crippen LogP contribution in [0.5, 0.6) is 0 Å². The molecule has 0 amide bonds. The second-order valence-electron chi connectivity index (χ2n) is 9.53. The lowest BCUT2D eigenvalue weighted by Gasteiger charge is -2.33. The molecule has 6 rings (SSSR count). The monoisotopic (exact) mass is 562 g/mol. The minimum absolute atomic E-state index is 0.773. The maximum Gasteiger partial charge on any atom is -0.0147 e. The van der Waals surface area contributed by atoms with Gasteiger partial charge in [-0.1, -0.05) is 182 Å². The number of hydrogen-bond acceptors (Lipinski definition) is 0. The summed E-state index contributed by atoms with van der Waals surface area (Å²) in [5, 5.41) is 12.0. The van der Waals surface area contributed by atoms with Gasteiger partial charge >= 0.3 is 0 Å². The molecule has 0 aliphatic rings. The summed E-state index contributed by atoms with van der Waals surface area (Å²) in [5.41, 5.74) is 3.12. The smallest absolute Gasteiger partial charge is 0.0147 e. The van der Waals surface area contributed by atoms with Gasteiger partial charge in [-0.05, 0) is 47.9 Å². The molecule has 0 saturated heterocycles. The van der Waals surface area contributed by atoms with E-state index in [-0.39, 0.29) is 0 Å². The fourth-order valence-corrected chi connectivity index (χ4v) is 9.25. The van der Waals surface area contributed by atoms with Crippen LogP contribution in [0.2, 0.25) is 0 Å². The fourth-order valence-electron chi connectivity index (χ4n) is 4.83. The molecule has 0 atom stereocenters. The van der Waals surface area contributed by atoms with Gasteiger partial charge in [0, 0.05) is 0 Å². The number of rotatable bonds is 9. The van der Waals surface area contributed by atoms with E-state index in [1.807, 2.05) is 0 Å². The first-order valence-corrected chi connectivity index (χ1v) is 16.5. The Bertz CT molecular complexity index is 1610. The number of nitrogens with zero attached hydrogens (tertiary/aromatic N) is 1. The SMILES string of the molecule is C(=C(\[N-]c1ccccc1P(c1ccccc1)c1ccccc1)c1ccccc1)/P(c1ccccc1)c1ccccc1. The predicted molar refractivity (Wildman–Crippen MR) is 182 cm³/mol. The minimum Gasteiger partial charge on any atom is -0.657 e. The van der Waals surface area contributed by atoms with E-state index < -0.39 is 15.8 Å². The van der Waals surface area contributed by atoms with Crippen LogP contribution in [0.1, 0.15) is 5.56 Å². The van der Waals surface area contributed by atoms with Gasteiger partial charge in [0.05, 0.1) is 0 Å². The molecular weight excluding hydrogens is 532 g/mol. The lowest BCUT2D eigenvalue weighted by atomic mass is 10.1. The van der Waals surface area contributed by atoms with E-state index in [1.54, 1.807) is 0 Å². The molecule has 0 saturated carbocycles. The molecule has 41 heavy (non-hydrogen) atoms. The van der Waals surface area contributed by atoms with Crippen molar-refractivity contribution in [3.63, 3.8) is 0 Å². The zero-order valence-electron chi connectivity index (χ0n) is 22.7. The Morgan fingerprint density at radius 2 is 0.805 bits per heavy atom. The van der Waals surface area contributed by atoms with E-state index in [2.05, 4.69) is 182 Å². The lowest BCUT2D eigenvalue weighted by Crippen LogP contribution is -2.21. The molecule has 6 aromatic rings. The minimum atomic E-state index is -0.790. The largest absolute Gasteiger partial charge is 0.657 e. The normalized spacial score (nSPS) is 11.5. The Balaban J connectivity index is 1.49. The van der Waals surface area contributed by atoms with Gasteiger partial charge in [-0.2, -0.15) is 0 Å². The Morgan fingerprint density at radius 3 is 1.29 bits per heavy atom. The Hall–Kier alpha value is -4.28. The maximum atomic E-state index is 5.49. The molecule has 0 aliphatic heterocycles. The van der Waals surface area contributed by atoms with Crippen molar-refractivity contribution in [2.75, 3.05) is 0 Å². The van der Waals surface area contributed by atoms with Crippen LogP contribution in [0.15, 0.2) is 182 Å². The molecule has 0 unspecified atom stereocenters. The highest BCUT2D eigenvalue weighted by molar-refractivity contribution is 7.80. The maximum absolute atomic E-state index is 5.49. The highest BCUT2D eigenvalue weighted by atomic mass is 31.1. The molecule has 0 spiro atoms. The summed E-state index contributed by atoms with van der Waals surface area (Å²) in [6.45, 7) is 0. The summed E-state index contributed by atoms with van der Waals surface area (Å²) in [4.78, 5) is 0. The molecule has 1 nitrogen and oxygen atoms in total. The first kappa shape index (κ1) is 26.9. The third-order valence-electron chi connectivity index (χ3n) is 6.78. The fraction of sp³-hybridized carbons (Fsp3) is 0. The topological polar surface area (TPSA) is 14.1 Å². The molecule has 0 aromatic heterocycles. The number of para-hydroxylation sites is 1. The van der Waals surface area contributed by atoms with Crippen LogP contribution < -0.4 is 26.5 Å². The van der Waals surface area contributed by atoms with Crippen molar-refractivity contribution in [3.05, 3.63) is 193 Å². The third kappa shape index (κ3) is 6.55. The van der Waals surface area contributed by atoms with Crippen molar-refractivity contribution < 1.29 is 0 Å². The first-order chi connectivity index (χ1) is 20.4. The van der Waals surface area contributed by atoms with Crippen LogP contribution >= 0.6 is 15.8 Å². The van der Waals surface area contributed by atoms with Crippen molar-refractivity contribution in [1.29, 1.82) is 0 Å². The molecule has 0 radical (unpaired) electrons. The average Bonchev–Trinajstić information content (AvgIpc) is 3.06. The van der Waals surface area contributed by atoms with Crippen LogP contribution in [-0.2, 0) is 0 Å². The first-order valence-electron chi connectivity index (χ1n) is 13.7. The van der Waals surface area contributed by atoms with Crippen LogP contribution in [0.25, 0.3) is 11.0 Å². The van der Waals surface area contributed by atoms with Crippen LogP contribution in [0.3, 0.4) is 0 Å². The summed E-state index contributed by atoms with van der Waals surface area (Å²) in [6.07, 6.45) is 0. The molecule has 0 bridgehead atoms. The molecular formula is C38H30NP2-. The highest BCUT2D eigenvalue weighted by Crippen LogP contribution is 2.44. The van der Waals surface area contributed by atoms with E-state index >= 15 is 0 Å². The van der Waals surface area contributed by atoms with Gasteiger partial charge in [0.25, 0.3) is 0 Å².